The Morgan fingerprint density at radius 1 is 1.27 bits per heavy atom. The Kier molecular flexibility index (Phi) is 6.34. The van der Waals surface area contributed by atoms with E-state index >= 15 is 0 Å². The molecule has 3 N–H and O–H groups in total. The van der Waals surface area contributed by atoms with Crippen LogP contribution >= 0.6 is 0 Å². The number of sulfonamides is 1. The number of nitriles is 1. The van der Waals surface area contributed by atoms with Crippen LogP contribution in [0.5, 0.6) is 0 Å². The molecule has 0 aromatic heterocycles. The van der Waals surface area contributed by atoms with E-state index < -0.39 is 27.6 Å². The molecule has 0 aliphatic carbocycles. The predicted octanol–water partition coefficient (Wildman–Crippen LogP) is 1.04. The number of anilines is 1. The van der Waals surface area contributed by atoms with Crippen LogP contribution in [0, 0.1) is 11.3 Å². The van der Waals surface area contributed by atoms with Crippen molar-refractivity contribution in [3.05, 3.63) is 46.9 Å². The molecule has 0 aliphatic heterocycles. The largest absolute Gasteiger partial charge is 0.394 e. The van der Waals surface area contributed by atoms with Crippen LogP contribution in [0.15, 0.2) is 41.3 Å². The summed E-state index contributed by atoms with van der Waals surface area (Å²) in [5.74, 6) is 0. The highest BCUT2D eigenvalue weighted by molar-refractivity contribution is 7.93. The lowest BCUT2D eigenvalue weighted by atomic mass is 10.1. The first-order valence-electron chi connectivity index (χ1n) is 7.88. The minimum atomic E-state index is -4.07. The molecule has 0 saturated heterocycles. The van der Waals surface area contributed by atoms with Gasteiger partial charge in [0.15, 0.2) is 4.91 Å². The zero-order chi connectivity index (χ0) is 19.3. The highest BCUT2D eigenvalue weighted by Gasteiger charge is 2.18. The first-order valence-corrected chi connectivity index (χ1v) is 9.36. The molecule has 0 amide bonds. The number of hydrogen-bond acceptors (Lipinski definition) is 6. The fourth-order valence-electron chi connectivity index (χ4n) is 2.29. The Morgan fingerprint density at radius 3 is 2.54 bits per heavy atom. The molecule has 2 aromatic carbocycles. The SMILES string of the molecule is CN(C)c1ccc2cc(C=C(C#N)S(=O)(=O)NCC(O)CO)ccc2c1. The van der Waals surface area contributed by atoms with Crippen LogP contribution in [0.1, 0.15) is 5.56 Å². The lowest BCUT2D eigenvalue weighted by molar-refractivity contribution is 0.0989. The number of nitrogens with one attached hydrogen (secondary N) is 1. The van der Waals surface area contributed by atoms with Crippen LogP contribution in [0.3, 0.4) is 0 Å². The highest BCUT2D eigenvalue weighted by Crippen LogP contribution is 2.23. The molecule has 0 spiro atoms. The molecule has 0 fully saturated rings. The summed E-state index contributed by atoms with van der Waals surface area (Å²) in [5, 5.41) is 29.1. The molecular formula is C18H21N3O4S. The Morgan fingerprint density at radius 2 is 1.92 bits per heavy atom. The van der Waals surface area contributed by atoms with E-state index in [1.165, 1.54) is 6.08 Å². The van der Waals surface area contributed by atoms with E-state index in [0.29, 0.717) is 5.56 Å². The summed E-state index contributed by atoms with van der Waals surface area (Å²) < 4.78 is 26.4. The zero-order valence-electron chi connectivity index (χ0n) is 14.5. The van der Waals surface area contributed by atoms with E-state index in [1.807, 2.05) is 43.3 Å². The summed E-state index contributed by atoms with van der Waals surface area (Å²) >= 11 is 0. The highest BCUT2D eigenvalue weighted by atomic mass is 32.2. The maximum Gasteiger partial charge on any atom is 0.250 e. The van der Waals surface area contributed by atoms with Crippen molar-refractivity contribution >= 4 is 32.6 Å². The number of allylic oxidation sites excluding steroid dienone is 1. The minimum Gasteiger partial charge on any atom is -0.394 e. The maximum absolute atomic E-state index is 12.2. The average Bonchev–Trinajstić information content (AvgIpc) is 2.63. The minimum absolute atomic E-state index is 0.372. The third-order valence-corrected chi connectivity index (χ3v) is 5.12. The van der Waals surface area contributed by atoms with Crippen LogP contribution in [0.2, 0.25) is 0 Å². The molecule has 8 heteroatoms. The summed E-state index contributed by atoms with van der Waals surface area (Å²) in [6.07, 6.45) is 0.0451. The summed E-state index contributed by atoms with van der Waals surface area (Å²) in [6, 6.07) is 13.0. The van der Waals surface area contributed by atoms with Crippen molar-refractivity contribution in [3.8, 4) is 6.07 Å². The summed E-state index contributed by atoms with van der Waals surface area (Å²) in [6.45, 7) is -0.948. The number of benzene rings is 2. The molecular weight excluding hydrogens is 354 g/mol. The van der Waals surface area contributed by atoms with Gasteiger partial charge in [0.05, 0.1) is 12.7 Å². The molecule has 138 valence electrons. The molecule has 7 nitrogen and oxygen atoms in total. The van der Waals surface area contributed by atoms with Crippen molar-refractivity contribution < 1.29 is 18.6 Å². The third-order valence-electron chi connectivity index (χ3n) is 3.78. The zero-order valence-corrected chi connectivity index (χ0v) is 15.4. The second kappa shape index (κ2) is 8.29. The fourth-order valence-corrected chi connectivity index (χ4v) is 3.27. The van der Waals surface area contributed by atoms with Gasteiger partial charge in [0.25, 0.3) is 10.0 Å². The Bertz CT molecular complexity index is 962. The number of fused-ring (bicyclic) bond motifs is 1. The number of nitrogens with zero attached hydrogens (tertiary/aromatic N) is 2. The molecule has 0 bridgehead atoms. The van der Waals surface area contributed by atoms with Gasteiger partial charge < -0.3 is 15.1 Å². The van der Waals surface area contributed by atoms with Gasteiger partial charge in [-0.05, 0) is 40.6 Å². The maximum atomic E-state index is 12.2. The van der Waals surface area contributed by atoms with Gasteiger partial charge >= 0.3 is 0 Å². The van der Waals surface area contributed by atoms with Gasteiger partial charge in [-0.2, -0.15) is 5.26 Å². The topological polar surface area (TPSA) is 114 Å². The molecule has 1 unspecified atom stereocenters. The second-order valence-electron chi connectivity index (χ2n) is 5.99. The van der Waals surface area contributed by atoms with Gasteiger partial charge in [-0.15, -0.1) is 0 Å². The quantitative estimate of drug-likeness (QED) is 0.623. The molecule has 2 rings (SSSR count). The van der Waals surface area contributed by atoms with E-state index in [-0.39, 0.29) is 6.54 Å². The summed E-state index contributed by atoms with van der Waals surface area (Å²) in [5.41, 5.74) is 1.62. The van der Waals surface area contributed by atoms with Gasteiger partial charge in [-0.25, -0.2) is 13.1 Å². The van der Waals surface area contributed by atoms with Gasteiger partial charge in [0.2, 0.25) is 0 Å². The van der Waals surface area contributed by atoms with Crippen molar-refractivity contribution in [1.82, 2.24) is 4.72 Å². The van der Waals surface area contributed by atoms with Crippen molar-refractivity contribution in [3.63, 3.8) is 0 Å². The first-order chi connectivity index (χ1) is 12.3. The van der Waals surface area contributed by atoms with Crippen LogP contribution in [-0.2, 0) is 10.0 Å². The van der Waals surface area contributed by atoms with Crippen molar-refractivity contribution in [2.75, 3.05) is 32.1 Å². The smallest absolute Gasteiger partial charge is 0.250 e. The molecule has 0 aliphatic rings. The molecule has 0 heterocycles. The van der Waals surface area contributed by atoms with E-state index in [1.54, 1.807) is 18.2 Å². The number of hydrogen-bond donors (Lipinski definition) is 3. The van der Waals surface area contributed by atoms with Gasteiger partial charge in [0, 0.05) is 26.3 Å². The van der Waals surface area contributed by atoms with Crippen molar-refractivity contribution in [2.24, 2.45) is 0 Å². The normalized spacial score (nSPS) is 13.4. The van der Waals surface area contributed by atoms with Crippen LogP contribution in [0.4, 0.5) is 5.69 Å². The number of aliphatic hydroxyl groups excluding tert-OH is 2. The van der Waals surface area contributed by atoms with E-state index in [4.69, 9.17) is 5.11 Å². The van der Waals surface area contributed by atoms with Gasteiger partial charge in [-0.1, -0.05) is 18.2 Å². The van der Waals surface area contributed by atoms with Crippen LogP contribution < -0.4 is 9.62 Å². The van der Waals surface area contributed by atoms with Crippen LogP contribution in [-0.4, -0.2) is 52.0 Å². The first kappa shape index (κ1) is 19.9. The lowest BCUT2D eigenvalue weighted by Crippen LogP contribution is -2.34. The Balaban J connectivity index is 2.33. The number of aliphatic hydroxyl groups is 2. The molecule has 1 atom stereocenters. The molecule has 26 heavy (non-hydrogen) atoms. The molecule has 0 radical (unpaired) electrons. The van der Waals surface area contributed by atoms with Crippen molar-refractivity contribution in [1.29, 1.82) is 5.26 Å². The lowest BCUT2D eigenvalue weighted by Gasteiger charge is -2.13. The average molecular weight is 375 g/mol. The molecule has 0 saturated carbocycles. The second-order valence-corrected chi connectivity index (χ2v) is 7.73. The van der Waals surface area contributed by atoms with Crippen LogP contribution in [0.25, 0.3) is 16.8 Å². The third kappa shape index (κ3) is 4.80. The van der Waals surface area contributed by atoms with E-state index in [9.17, 15) is 18.8 Å². The number of rotatable bonds is 7. The predicted molar refractivity (Wildman–Crippen MR) is 102 cm³/mol. The Labute approximate surface area is 152 Å². The summed E-state index contributed by atoms with van der Waals surface area (Å²) in [4.78, 5) is 1.52. The van der Waals surface area contributed by atoms with Gasteiger partial charge in [-0.3, -0.25) is 0 Å². The van der Waals surface area contributed by atoms with Crippen molar-refractivity contribution in [2.45, 2.75) is 6.10 Å². The fraction of sp³-hybridized carbons (Fsp3) is 0.278. The Hall–Kier alpha value is -2.44. The standard InChI is InChI=1S/C18H21N3O4S/c1-21(2)16-6-5-14-7-13(3-4-15(14)9-16)8-18(10-19)26(24,25)20-11-17(23)12-22/h3-9,17,20,22-23H,11-12H2,1-2H3. The van der Waals surface area contributed by atoms with E-state index in [2.05, 4.69) is 4.72 Å². The monoisotopic (exact) mass is 375 g/mol. The molecule has 2 aromatic rings. The summed E-state index contributed by atoms with van der Waals surface area (Å²) in [7, 11) is -0.180. The van der Waals surface area contributed by atoms with Gasteiger partial charge in [0.1, 0.15) is 6.07 Å². The van der Waals surface area contributed by atoms with E-state index in [0.717, 1.165) is 16.5 Å².